The molecule has 0 saturated heterocycles. The first-order valence-corrected chi connectivity index (χ1v) is 9.48. The van der Waals surface area contributed by atoms with Gasteiger partial charge in [-0.05, 0) is 62.8 Å². The molecule has 0 fully saturated rings. The molecule has 6 heteroatoms. The topological polar surface area (TPSA) is 75.6 Å². The van der Waals surface area contributed by atoms with Crippen molar-refractivity contribution in [2.75, 3.05) is 6.54 Å². The summed E-state index contributed by atoms with van der Waals surface area (Å²) >= 11 is 6.21. The van der Waals surface area contributed by atoms with E-state index in [4.69, 9.17) is 21.4 Å². The molecule has 1 aliphatic carbocycles. The van der Waals surface area contributed by atoms with Crippen molar-refractivity contribution < 1.29 is 19.4 Å². The highest BCUT2D eigenvalue weighted by molar-refractivity contribution is 6.30. The highest BCUT2D eigenvalue weighted by Crippen LogP contribution is 2.24. The number of carboxylic acid groups (broad SMARTS) is 1. The number of amides is 1. The summed E-state index contributed by atoms with van der Waals surface area (Å²) in [7, 11) is 0. The van der Waals surface area contributed by atoms with Crippen molar-refractivity contribution in [2.24, 2.45) is 0 Å². The number of ether oxygens (including phenoxy) is 1. The lowest BCUT2D eigenvalue weighted by molar-refractivity contribution is -0.137. The van der Waals surface area contributed by atoms with Crippen LogP contribution in [-0.2, 0) is 16.0 Å². The SMILES string of the molecule is CC(C)(Oc1ccc(CCC(=O)O)cc1)C(=O)NCCC1=C(Cl)CCC=C1. The van der Waals surface area contributed by atoms with Crippen molar-refractivity contribution >= 4 is 23.5 Å². The van der Waals surface area contributed by atoms with Crippen LogP contribution in [0.2, 0.25) is 0 Å². The van der Waals surface area contributed by atoms with Crippen LogP contribution in [0.25, 0.3) is 0 Å². The highest BCUT2D eigenvalue weighted by atomic mass is 35.5. The second-order valence-electron chi connectivity index (χ2n) is 7.03. The van der Waals surface area contributed by atoms with Gasteiger partial charge in [0.25, 0.3) is 5.91 Å². The Morgan fingerprint density at radius 3 is 2.56 bits per heavy atom. The summed E-state index contributed by atoms with van der Waals surface area (Å²) in [6.45, 7) is 3.93. The van der Waals surface area contributed by atoms with E-state index in [0.29, 0.717) is 25.1 Å². The Kier molecular flexibility index (Phi) is 7.48. The fourth-order valence-electron chi connectivity index (χ4n) is 2.75. The van der Waals surface area contributed by atoms with E-state index >= 15 is 0 Å². The average Bonchev–Trinajstić information content (AvgIpc) is 2.62. The fraction of sp³-hybridized carbons (Fsp3) is 0.429. The summed E-state index contributed by atoms with van der Waals surface area (Å²) in [4.78, 5) is 23.1. The van der Waals surface area contributed by atoms with Crippen LogP contribution in [0, 0.1) is 0 Å². The molecule has 1 amide bonds. The number of carbonyl (C=O) groups is 2. The molecule has 0 bridgehead atoms. The highest BCUT2D eigenvalue weighted by Gasteiger charge is 2.29. The molecule has 5 nitrogen and oxygen atoms in total. The summed E-state index contributed by atoms with van der Waals surface area (Å²) in [5.41, 5.74) is 0.958. The molecule has 0 saturated carbocycles. The van der Waals surface area contributed by atoms with Gasteiger partial charge in [0.05, 0.1) is 0 Å². The molecule has 2 rings (SSSR count). The Balaban J connectivity index is 1.84. The summed E-state index contributed by atoms with van der Waals surface area (Å²) in [5.74, 6) is -0.460. The average molecular weight is 392 g/mol. The molecule has 0 aromatic heterocycles. The van der Waals surface area contributed by atoms with Crippen molar-refractivity contribution in [3.63, 3.8) is 0 Å². The number of aliphatic carboxylic acids is 1. The van der Waals surface area contributed by atoms with Crippen molar-refractivity contribution in [1.29, 1.82) is 0 Å². The molecule has 0 heterocycles. The molecule has 0 unspecified atom stereocenters. The van der Waals surface area contributed by atoms with E-state index < -0.39 is 11.6 Å². The van der Waals surface area contributed by atoms with Gasteiger partial charge in [-0.2, -0.15) is 0 Å². The fourth-order valence-corrected chi connectivity index (χ4v) is 3.01. The number of hydrogen-bond acceptors (Lipinski definition) is 3. The zero-order valence-electron chi connectivity index (χ0n) is 15.8. The molecule has 0 radical (unpaired) electrons. The summed E-state index contributed by atoms with van der Waals surface area (Å²) in [6, 6.07) is 7.14. The maximum absolute atomic E-state index is 12.5. The lowest BCUT2D eigenvalue weighted by Gasteiger charge is -2.25. The standard InChI is InChI=1S/C21H26ClNO4/c1-21(2,20(26)23-14-13-16-5-3-4-6-18(16)22)27-17-10-7-15(8-11-17)9-12-19(24)25/h3,5,7-8,10-11H,4,6,9,12-14H2,1-2H3,(H,23,26)(H,24,25). The minimum Gasteiger partial charge on any atom is -0.481 e. The van der Waals surface area contributed by atoms with Crippen molar-refractivity contribution in [3.8, 4) is 5.75 Å². The Morgan fingerprint density at radius 1 is 1.22 bits per heavy atom. The molecular weight excluding hydrogens is 366 g/mol. The third-order valence-corrected chi connectivity index (χ3v) is 4.78. The summed E-state index contributed by atoms with van der Waals surface area (Å²) < 4.78 is 5.83. The van der Waals surface area contributed by atoms with Crippen LogP contribution in [0.15, 0.2) is 47.0 Å². The van der Waals surface area contributed by atoms with Gasteiger partial charge in [-0.3, -0.25) is 9.59 Å². The normalized spacial score (nSPS) is 14.2. The zero-order valence-corrected chi connectivity index (χ0v) is 16.5. The zero-order chi connectivity index (χ0) is 19.9. The molecular formula is C21H26ClNO4. The maximum Gasteiger partial charge on any atom is 0.303 e. The first kappa shape index (κ1) is 21.0. The van der Waals surface area contributed by atoms with E-state index in [9.17, 15) is 9.59 Å². The maximum atomic E-state index is 12.5. The number of halogens is 1. The van der Waals surface area contributed by atoms with Crippen LogP contribution in [0.5, 0.6) is 5.75 Å². The molecule has 2 N–H and O–H groups in total. The third-order valence-electron chi connectivity index (χ3n) is 4.35. The minimum atomic E-state index is -1.02. The smallest absolute Gasteiger partial charge is 0.303 e. The van der Waals surface area contributed by atoms with Crippen LogP contribution < -0.4 is 10.1 Å². The second kappa shape index (κ2) is 9.60. The molecule has 1 aromatic carbocycles. The number of aryl methyl sites for hydroxylation is 1. The van der Waals surface area contributed by atoms with Gasteiger partial charge < -0.3 is 15.2 Å². The number of carbonyl (C=O) groups excluding carboxylic acids is 1. The van der Waals surface area contributed by atoms with Gasteiger partial charge in [0.15, 0.2) is 5.60 Å². The van der Waals surface area contributed by atoms with E-state index in [2.05, 4.69) is 11.4 Å². The molecule has 27 heavy (non-hydrogen) atoms. The largest absolute Gasteiger partial charge is 0.481 e. The number of hydrogen-bond donors (Lipinski definition) is 2. The predicted molar refractivity (Wildman–Crippen MR) is 106 cm³/mol. The van der Waals surface area contributed by atoms with E-state index in [-0.39, 0.29) is 12.3 Å². The van der Waals surface area contributed by atoms with Gasteiger partial charge in [-0.1, -0.05) is 35.9 Å². The van der Waals surface area contributed by atoms with Gasteiger partial charge in [0, 0.05) is 18.0 Å². The van der Waals surface area contributed by atoms with E-state index in [1.54, 1.807) is 26.0 Å². The molecule has 1 aromatic rings. The first-order chi connectivity index (χ1) is 12.8. The molecule has 0 spiro atoms. The van der Waals surface area contributed by atoms with Crippen LogP contribution in [-0.4, -0.2) is 29.1 Å². The van der Waals surface area contributed by atoms with Crippen LogP contribution in [0.1, 0.15) is 45.1 Å². The number of carboxylic acids is 1. The minimum absolute atomic E-state index is 0.0870. The summed E-state index contributed by atoms with van der Waals surface area (Å²) in [6.07, 6.45) is 7.18. The van der Waals surface area contributed by atoms with Gasteiger partial charge in [-0.15, -0.1) is 0 Å². The lowest BCUT2D eigenvalue weighted by atomic mass is 10.0. The number of benzene rings is 1. The van der Waals surface area contributed by atoms with Gasteiger partial charge in [0.1, 0.15) is 5.75 Å². The van der Waals surface area contributed by atoms with Gasteiger partial charge in [-0.25, -0.2) is 0 Å². The molecule has 0 atom stereocenters. The number of rotatable bonds is 9. The van der Waals surface area contributed by atoms with Crippen LogP contribution in [0.4, 0.5) is 0 Å². The Morgan fingerprint density at radius 2 is 1.93 bits per heavy atom. The number of nitrogens with one attached hydrogen (secondary N) is 1. The van der Waals surface area contributed by atoms with E-state index in [0.717, 1.165) is 29.0 Å². The Hall–Kier alpha value is -2.27. The second-order valence-corrected chi connectivity index (χ2v) is 7.48. The van der Waals surface area contributed by atoms with Crippen molar-refractivity contribution in [3.05, 3.63) is 52.6 Å². The van der Waals surface area contributed by atoms with Crippen LogP contribution >= 0.6 is 11.6 Å². The molecule has 1 aliphatic rings. The van der Waals surface area contributed by atoms with E-state index in [1.165, 1.54) is 0 Å². The Labute approximate surface area is 165 Å². The van der Waals surface area contributed by atoms with Crippen LogP contribution in [0.3, 0.4) is 0 Å². The van der Waals surface area contributed by atoms with Gasteiger partial charge in [0.2, 0.25) is 0 Å². The quantitative estimate of drug-likeness (QED) is 0.661. The van der Waals surface area contributed by atoms with Crippen molar-refractivity contribution in [2.45, 2.75) is 51.6 Å². The predicted octanol–water partition coefficient (Wildman–Crippen LogP) is 4.21. The first-order valence-electron chi connectivity index (χ1n) is 9.10. The van der Waals surface area contributed by atoms with Gasteiger partial charge >= 0.3 is 5.97 Å². The van der Waals surface area contributed by atoms with E-state index in [1.807, 2.05) is 18.2 Å². The lowest BCUT2D eigenvalue weighted by Crippen LogP contribution is -2.46. The van der Waals surface area contributed by atoms with Crippen molar-refractivity contribution in [1.82, 2.24) is 5.32 Å². The molecule has 146 valence electrons. The number of allylic oxidation sites excluding steroid dienone is 3. The Bertz CT molecular complexity index is 735. The third kappa shape index (κ3) is 6.75. The monoisotopic (exact) mass is 391 g/mol. The molecule has 0 aliphatic heterocycles. The summed E-state index contributed by atoms with van der Waals surface area (Å²) in [5, 5.41) is 12.5.